The Labute approximate surface area is 215 Å². The first-order valence-electron chi connectivity index (χ1n) is 12.3. The van der Waals surface area contributed by atoms with Gasteiger partial charge < -0.3 is 19.5 Å². The van der Waals surface area contributed by atoms with Crippen molar-refractivity contribution in [2.45, 2.75) is 50.3 Å². The number of rotatable bonds is 7. The van der Waals surface area contributed by atoms with E-state index in [9.17, 15) is 9.59 Å². The molecule has 188 valence electrons. The van der Waals surface area contributed by atoms with E-state index < -0.39 is 12.1 Å². The summed E-state index contributed by atoms with van der Waals surface area (Å²) in [5.41, 5.74) is 0.584. The highest BCUT2D eigenvalue weighted by molar-refractivity contribution is 7.10. The Morgan fingerprint density at radius 2 is 1.75 bits per heavy atom. The van der Waals surface area contributed by atoms with E-state index in [1.807, 2.05) is 35.7 Å². The van der Waals surface area contributed by atoms with Gasteiger partial charge in [0.15, 0.2) is 11.5 Å². The minimum absolute atomic E-state index is 0.0594. The normalized spacial score (nSPS) is 18.2. The molecule has 2 atom stereocenters. The Balaban J connectivity index is 1.50. The molecule has 2 aliphatic rings. The van der Waals surface area contributed by atoms with Crippen molar-refractivity contribution in [2.24, 2.45) is 0 Å². The topological polar surface area (TPSA) is 77.1 Å². The number of carbonyl (C=O) groups is 2. The Kier molecular flexibility index (Phi) is 7.41. The van der Waals surface area contributed by atoms with Gasteiger partial charge >= 0.3 is 0 Å². The van der Waals surface area contributed by atoms with Gasteiger partial charge in [0.25, 0.3) is 5.91 Å². The van der Waals surface area contributed by atoms with Crippen molar-refractivity contribution in [1.29, 1.82) is 0 Å². The zero-order valence-corrected chi connectivity index (χ0v) is 21.0. The van der Waals surface area contributed by atoms with Crippen LogP contribution in [0.3, 0.4) is 0 Å². The summed E-state index contributed by atoms with van der Waals surface area (Å²) in [6.07, 6.45) is 4.40. The molecule has 2 aromatic carbocycles. The summed E-state index contributed by atoms with van der Waals surface area (Å²) in [6, 6.07) is 17.5. The predicted octanol–water partition coefficient (Wildman–Crippen LogP) is 5.12. The van der Waals surface area contributed by atoms with Gasteiger partial charge in [0.2, 0.25) is 12.0 Å². The minimum Gasteiger partial charge on any atom is -0.497 e. The summed E-state index contributed by atoms with van der Waals surface area (Å²) in [6.45, 7) is 0.0594. The van der Waals surface area contributed by atoms with Crippen molar-refractivity contribution in [1.82, 2.24) is 5.32 Å². The lowest BCUT2D eigenvalue weighted by Gasteiger charge is -2.35. The van der Waals surface area contributed by atoms with Gasteiger partial charge in [-0.15, -0.1) is 11.3 Å². The zero-order valence-electron chi connectivity index (χ0n) is 20.2. The van der Waals surface area contributed by atoms with E-state index in [0.29, 0.717) is 22.9 Å². The lowest BCUT2D eigenvalue weighted by Crippen LogP contribution is -2.52. The first kappa shape index (κ1) is 24.2. The number of anilines is 1. The van der Waals surface area contributed by atoms with Crippen LogP contribution in [0, 0.1) is 0 Å². The number of amides is 2. The van der Waals surface area contributed by atoms with Crippen molar-refractivity contribution in [3.63, 3.8) is 0 Å². The van der Waals surface area contributed by atoms with Crippen LogP contribution in [0.4, 0.5) is 5.69 Å². The summed E-state index contributed by atoms with van der Waals surface area (Å²) < 4.78 is 17.2. The Morgan fingerprint density at radius 1 is 1.00 bits per heavy atom. The number of para-hydroxylation sites is 2. The maximum atomic E-state index is 14.1. The molecular formula is C28H30N2O5S. The fourth-order valence-electron chi connectivity index (χ4n) is 4.79. The summed E-state index contributed by atoms with van der Waals surface area (Å²) in [5, 5.41) is 5.15. The third-order valence-corrected chi connectivity index (χ3v) is 7.57. The van der Waals surface area contributed by atoms with Crippen molar-refractivity contribution >= 4 is 28.8 Å². The highest BCUT2D eigenvalue weighted by Gasteiger charge is 2.40. The third kappa shape index (κ3) is 5.18. The molecule has 2 amide bonds. The Morgan fingerprint density at radius 3 is 2.44 bits per heavy atom. The quantitative estimate of drug-likeness (QED) is 0.481. The van der Waals surface area contributed by atoms with Crippen LogP contribution < -0.4 is 24.4 Å². The number of carbonyl (C=O) groups excluding carboxylic acids is 2. The Bertz CT molecular complexity index is 1170. The molecule has 5 rings (SSSR count). The van der Waals surface area contributed by atoms with E-state index in [4.69, 9.17) is 14.2 Å². The number of ether oxygens (including phenoxy) is 3. The molecule has 1 aliphatic heterocycles. The number of nitrogens with one attached hydrogen (secondary N) is 1. The van der Waals surface area contributed by atoms with E-state index in [0.717, 1.165) is 30.6 Å². The van der Waals surface area contributed by atoms with E-state index >= 15 is 0 Å². The molecule has 0 bridgehead atoms. The van der Waals surface area contributed by atoms with Crippen molar-refractivity contribution in [3.8, 4) is 17.2 Å². The van der Waals surface area contributed by atoms with Crippen LogP contribution in [-0.2, 0) is 9.59 Å². The average Bonchev–Trinajstić information content (AvgIpc) is 3.46. The van der Waals surface area contributed by atoms with Crippen molar-refractivity contribution in [2.75, 3.05) is 18.6 Å². The molecular weight excluding hydrogens is 476 g/mol. The summed E-state index contributed by atoms with van der Waals surface area (Å²) in [7, 11) is 1.59. The van der Waals surface area contributed by atoms with Crippen LogP contribution in [0.15, 0.2) is 66.0 Å². The Hall–Kier alpha value is -3.52. The summed E-state index contributed by atoms with van der Waals surface area (Å²) >= 11 is 1.45. The minimum atomic E-state index is -0.896. The van der Waals surface area contributed by atoms with E-state index in [1.54, 1.807) is 42.3 Å². The third-order valence-electron chi connectivity index (χ3n) is 6.64. The molecule has 0 unspecified atom stereocenters. The van der Waals surface area contributed by atoms with Gasteiger partial charge in [0.1, 0.15) is 18.4 Å². The van der Waals surface area contributed by atoms with Gasteiger partial charge in [-0.2, -0.15) is 0 Å². The van der Waals surface area contributed by atoms with Crippen LogP contribution in [0.2, 0.25) is 0 Å². The molecule has 0 saturated heterocycles. The second-order valence-electron chi connectivity index (χ2n) is 9.03. The summed E-state index contributed by atoms with van der Waals surface area (Å²) in [4.78, 5) is 30.3. The van der Waals surface area contributed by atoms with Crippen LogP contribution in [0.25, 0.3) is 0 Å². The molecule has 36 heavy (non-hydrogen) atoms. The predicted molar refractivity (Wildman–Crippen MR) is 139 cm³/mol. The van der Waals surface area contributed by atoms with Crippen LogP contribution in [0.5, 0.6) is 17.2 Å². The zero-order chi connectivity index (χ0) is 24.9. The highest BCUT2D eigenvalue weighted by atomic mass is 32.1. The molecule has 1 N–H and O–H groups in total. The smallest absolute Gasteiger partial charge is 0.272 e. The average molecular weight is 507 g/mol. The van der Waals surface area contributed by atoms with Crippen LogP contribution in [-0.4, -0.2) is 37.7 Å². The lowest BCUT2D eigenvalue weighted by molar-refractivity contribution is -0.132. The maximum absolute atomic E-state index is 14.1. The molecule has 3 aromatic rings. The molecule has 1 aromatic heterocycles. The summed E-state index contributed by atoms with van der Waals surface area (Å²) in [5.74, 6) is 1.24. The van der Waals surface area contributed by atoms with Gasteiger partial charge in [-0.3, -0.25) is 14.5 Å². The molecule has 0 radical (unpaired) electrons. The number of hydrogen-bond donors (Lipinski definition) is 1. The standard InChI is InChI=1S/C28H30N2O5S/c1-33-21-15-13-20(14-16-21)30(28(32)24-18-34-22-10-5-6-11-23(22)35-24)26(25-12-7-17-36-25)27(31)29-19-8-3-2-4-9-19/h5-7,10-17,19,24,26H,2-4,8-9,18H2,1H3,(H,29,31)/t24-,26+/m1/s1. The van der Waals surface area contributed by atoms with Gasteiger partial charge in [-0.1, -0.05) is 37.5 Å². The maximum Gasteiger partial charge on any atom is 0.272 e. The molecule has 1 fully saturated rings. The first-order chi connectivity index (χ1) is 17.6. The van der Waals surface area contributed by atoms with Gasteiger partial charge in [0.05, 0.1) is 7.11 Å². The second kappa shape index (κ2) is 11.0. The fraction of sp³-hybridized carbons (Fsp3) is 0.357. The first-order valence-corrected chi connectivity index (χ1v) is 13.2. The molecule has 1 saturated carbocycles. The molecule has 1 aliphatic carbocycles. The van der Waals surface area contributed by atoms with Crippen molar-refractivity contribution in [3.05, 3.63) is 70.9 Å². The van der Waals surface area contributed by atoms with Crippen molar-refractivity contribution < 1.29 is 23.8 Å². The SMILES string of the molecule is COc1ccc(N(C(=O)[C@H]2COc3ccccc3O2)[C@H](C(=O)NC2CCCCC2)c2cccs2)cc1. The number of hydrogen-bond acceptors (Lipinski definition) is 6. The number of methoxy groups -OCH3 is 1. The van der Waals surface area contributed by atoms with Gasteiger partial charge in [0, 0.05) is 16.6 Å². The monoisotopic (exact) mass is 506 g/mol. The fourth-order valence-corrected chi connectivity index (χ4v) is 5.60. The number of thiophene rings is 1. The number of nitrogens with zero attached hydrogens (tertiary/aromatic N) is 1. The van der Waals surface area contributed by atoms with E-state index in [1.165, 1.54) is 17.8 Å². The molecule has 0 spiro atoms. The molecule has 7 nitrogen and oxygen atoms in total. The number of benzene rings is 2. The van der Waals surface area contributed by atoms with Gasteiger partial charge in [-0.25, -0.2) is 0 Å². The molecule has 8 heteroatoms. The second-order valence-corrected chi connectivity index (χ2v) is 10.0. The van der Waals surface area contributed by atoms with E-state index in [-0.39, 0.29) is 24.5 Å². The largest absolute Gasteiger partial charge is 0.497 e. The number of fused-ring (bicyclic) bond motifs is 1. The molecule has 2 heterocycles. The van der Waals surface area contributed by atoms with Crippen LogP contribution in [0.1, 0.15) is 43.0 Å². The van der Waals surface area contributed by atoms with E-state index in [2.05, 4.69) is 5.32 Å². The van der Waals surface area contributed by atoms with Crippen LogP contribution >= 0.6 is 11.3 Å². The highest BCUT2D eigenvalue weighted by Crippen LogP contribution is 2.36. The van der Waals surface area contributed by atoms with Gasteiger partial charge in [-0.05, 0) is 60.7 Å². The lowest BCUT2D eigenvalue weighted by atomic mass is 9.95.